The van der Waals surface area contributed by atoms with Gasteiger partial charge in [0.15, 0.2) is 0 Å². The molecule has 0 radical (unpaired) electrons. The minimum absolute atomic E-state index is 0.512. The molecule has 1 fully saturated rings. The van der Waals surface area contributed by atoms with Crippen molar-refractivity contribution in [3.05, 3.63) is 5.82 Å². The highest BCUT2D eigenvalue weighted by atomic mass is 16.5. The van der Waals surface area contributed by atoms with Crippen LogP contribution in [0, 0.1) is 0 Å². The fourth-order valence-corrected chi connectivity index (χ4v) is 2.36. The van der Waals surface area contributed by atoms with E-state index in [1.54, 1.807) is 0 Å². The van der Waals surface area contributed by atoms with Gasteiger partial charge in [0.25, 0.3) is 0 Å². The fourth-order valence-electron chi connectivity index (χ4n) is 2.36. The van der Waals surface area contributed by atoms with Gasteiger partial charge in [0.1, 0.15) is 5.82 Å². The molecule has 90 valence electrons. The van der Waals surface area contributed by atoms with Gasteiger partial charge in [0.05, 0.1) is 6.61 Å². The molecule has 0 amide bonds. The monoisotopic (exact) mass is 224 g/mol. The molecule has 0 aliphatic heterocycles. The highest BCUT2D eigenvalue weighted by molar-refractivity contribution is 5.05. The Labute approximate surface area is 96.0 Å². The molecular weight excluding hydrogens is 204 g/mol. The minimum atomic E-state index is 0.512. The average molecular weight is 224 g/mol. The Morgan fingerprint density at radius 2 is 2.12 bits per heavy atom. The molecular formula is C11H20N4O. The highest BCUT2D eigenvalue weighted by Crippen LogP contribution is 2.33. The average Bonchev–Trinajstić information content (AvgIpc) is 2.88. The number of nitrogens with two attached hydrogens (primary N) is 1. The van der Waals surface area contributed by atoms with Gasteiger partial charge in [0.2, 0.25) is 0 Å². The van der Waals surface area contributed by atoms with E-state index in [4.69, 9.17) is 10.5 Å². The quantitative estimate of drug-likeness (QED) is 0.818. The number of nitrogens with zero attached hydrogens (tertiary/aromatic N) is 3. The van der Waals surface area contributed by atoms with Crippen LogP contribution >= 0.6 is 0 Å². The summed E-state index contributed by atoms with van der Waals surface area (Å²) in [6, 6.07) is 1.18. The molecule has 1 aromatic heterocycles. The van der Waals surface area contributed by atoms with Crippen LogP contribution in [-0.2, 0) is 6.42 Å². The summed E-state index contributed by atoms with van der Waals surface area (Å²) < 4.78 is 7.68. The Hall–Kier alpha value is -1.10. The zero-order chi connectivity index (χ0) is 11.4. The molecule has 1 aliphatic carbocycles. The molecule has 5 heteroatoms. The summed E-state index contributed by atoms with van der Waals surface area (Å²) in [7, 11) is 0. The maximum atomic E-state index is 5.59. The molecule has 0 atom stereocenters. The molecule has 1 saturated carbocycles. The van der Waals surface area contributed by atoms with E-state index >= 15 is 0 Å². The number of hydrogen-bond acceptors (Lipinski definition) is 4. The summed E-state index contributed by atoms with van der Waals surface area (Å²) in [6.45, 7) is 3.21. The van der Waals surface area contributed by atoms with Gasteiger partial charge < -0.3 is 10.5 Å². The van der Waals surface area contributed by atoms with E-state index < -0.39 is 0 Å². The van der Waals surface area contributed by atoms with Gasteiger partial charge in [-0.2, -0.15) is 0 Å². The second kappa shape index (κ2) is 5.30. The van der Waals surface area contributed by atoms with Crippen molar-refractivity contribution in [1.29, 1.82) is 0 Å². The van der Waals surface area contributed by atoms with Crippen molar-refractivity contribution >= 4 is 0 Å². The Kier molecular flexibility index (Phi) is 3.77. The van der Waals surface area contributed by atoms with Gasteiger partial charge in [-0.25, -0.2) is 0 Å². The first-order chi connectivity index (χ1) is 7.86. The lowest BCUT2D eigenvalue weighted by Crippen LogP contribution is -2.15. The lowest BCUT2D eigenvalue weighted by Gasteiger charge is -2.16. The Bertz CT molecular complexity index is 307. The third-order valence-electron chi connectivity index (χ3n) is 3.07. The third-order valence-corrected chi connectivity index (χ3v) is 3.07. The lowest BCUT2D eigenvalue weighted by atomic mass is 10.2. The minimum Gasteiger partial charge on any atom is -0.464 e. The van der Waals surface area contributed by atoms with E-state index in [0.29, 0.717) is 25.2 Å². The molecule has 0 unspecified atom stereocenters. The maximum Gasteiger partial charge on any atom is 0.317 e. The van der Waals surface area contributed by atoms with Crippen molar-refractivity contribution in [2.24, 2.45) is 5.73 Å². The number of ether oxygens (including phenoxy) is 1. The number of rotatable bonds is 5. The second-order valence-electron chi connectivity index (χ2n) is 4.18. The predicted octanol–water partition coefficient (Wildman–Crippen LogP) is 1.29. The SMILES string of the molecule is CCOc1nnc(CCN)n1C1CCCC1. The van der Waals surface area contributed by atoms with Gasteiger partial charge >= 0.3 is 6.01 Å². The summed E-state index contributed by atoms with van der Waals surface area (Å²) in [4.78, 5) is 0. The zero-order valence-electron chi connectivity index (χ0n) is 9.85. The summed E-state index contributed by atoms with van der Waals surface area (Å²) in [5.41, 5.74) is 5.59. The molecule has 1 heterocycles. The Balaban J connectivity index is 2.24. The second-order valence-corrected chi connectivity index (χ2v) is 4.18. The van der Waals surface area contributed by atoms with Crippen LogP contribution in [0.3, 0.4) is 0 Å². The molecule has 2 N–H and O–H groups in total. The lowest BCUT2D eigenvalue weighted by molar-refractivity contribution is 0.281. The molecule has 0 aromatic carbocycles. The Morgan fingerprint density at radius 1 is 1.38 bits per heavy atom. The standard InChI is InChI=1S/C11H20N4O/c1-2-16-11-14-13-10(7-8-12)15(11)9-5-3-4-6-9/h9H,2-8,12H2,1H3. The van der Waals surface area contributed by atoms with Crippen molar-refractivity contribution in [3.63, 3.8) is 0 Å². The molecule has 16 heavy (non-hydrogen) atoms. The van der Waals surface area contributed by atoms with Crippen molar-refractivity contribution in [2.45, 2.75) is 45.1 Å². The maximum absolute atomic E-state index is 5.59. The van der Waals surface area contributed by atoms with Gasteiger partial charge in [-0.05, 0) is 26.3 Å². The van der Waals surface area contributed by atoms with Crippen LogP contribution in [0.2, 0.25) is 0 Å². The first kappa shape index (κ1) is 11.4. The molecule has 5 nitrogen and oxygen atoms in total. The van der Waals surface area contributed by atoms with E-state index in [1.807, 2.05) is 6.92 Å². The molecule has 0 saturated heterocycles. The van der Waals surface area contributed by atoms with Crippen LogP contribution < -0.4 is 10.5 Å². The van der Waals surface area contributed by atoms with Crippen LogP contribution in [0.5, 0.6) is 6.01 Å². The largest absolute Gasteiger partial charge is 0.464 e. The van der Waals surface area contributed by atoms with Gasteiger partial charge in [-0.1, -0.05) is 17.9 Å². The van der Waals surface area contributed by atoms with Crippen LogP contribution in [0.4, 0.5) is 0 Å². The zero-order valence-corrected chi connectivity index (χ0v) is 9.85. The topological polar surface area (TPSA) is 66.0 Å². The van der Waals surface area contributed by atoms with Crippen LogP contribution in [0.15, 0.2) is 0 Å². The summed E-state index contributed by atoms with van der Waals surface area (Å²) in [5, 5.41) is 8.28. The summed E-state index contributed by atoms with van der Waals surface area (Å²) in [5.74, 6) is 0.970. The van der Waals surface area contributed by atoms with Crippen molar-refractivity contribution in [3.8, 4) is 6.01 Å². The van der Waals surface area contributed by atoms with E-state index in [9.17, 15) is 0 Å². The Morgan fingerprint density at radius 3 is 2.75 bits per heavy atom. The summed E-state index contributed by atoms with van der Waals surface area (Å²) >= 11 is 0. The predicted molar refractivity (Wildman–Crippen MR) is 61.5 cm³/mol. The van der Waals surface area contributed by atoms with Gasteiger partial charge in [0, 0.05) is 12.5 Å². The van der Waals surface area contributed by atoms with Crippen LogP contribution in [0.1, 0.15) is 44.5 Å². The van der Waals surface area contributed by atoms with Crippen LogP contribution in [-0.4, -0.2) is 27.9 Å². The normalized spacial score (nSPS) is 16.9. The van der Waals surface area contributed by atoms with E-state index in [-0.39, 0.29) is 0 Å². The van der Waals surface area contributed by atoms with Crippen molar-refractivity contribution < 1.29 is 4.74 Å². The molecule has 0 spiro atoms. The number of hydrogen-bond donors (Lipinski definition) is 1. The molecule has 1 aliphatic rings. The third kappa shape index (κ3) is 2.19. The van der Waals surface area contributed by atoms with E-state index in [0.717, 1.165) is 12.2 Å². The molecule has 2 rings (SSSR count). The van der Waals surface area contributed by atoms with Gasteiger partial charge in [-0.15, -0.1) is 5.10 Å². The fraction of sp³-hybridized carbons (Fsp3) is 0.818. The van der Waals surface area contributed by atoms with Crippen molar-refractivity contribution in [2.75, 3.05) is 13.2 Å². The highest BCUT2D eigenvalue weighted by Gasteiger charge is 2.24. The smallest absolute Gasteiger partial charge is 0.317 e. The first-order valence-corrected chi connectivity index (χ1v) is 6.13. The van der Waals surface area contributed by atoms with E-state index in [1.165, 1.54) is 25.7 Å². The molecule has 0 bridgehead atoms. The van der Waals surface area contributed by atoms with Gasteiger partial charge in [-0.3, -0.25) is 4.57 Å². The summed E-state index contributed by atoms with van der Waals surface area (Å²) in [6.07, 6.45) is 5.76. The number of aromatic nitrogens is 3. The molecule has 1 aromatic rings. The van der Waals surface area contributed by atoms with Crippen molar-refractivity contribution in [1.82, 2.24) is 14.8 Å². The first-order valence-electron chi connectivity index (χ1n) is 6.13. The van der Waals surface area contributed by atoms with Crippen LogP contribution in [0.25, 0.3) is 0 Å². The van der Waals surface area contributed by atoms with E-state index in [2.05, 4.69) is 14.8 Å².